The molecule has 0 aromatic rings. The van der Waals surface area contributed by atoms with E-state index in [4.69, 9.17) is 0 Å². The van der Waals surface area contributed by atoms with Crippen LogP contribution in [0.1, 0.15) is 67.7 Å². The number of rotatable bonds is 7. The second kappa shape index (κ2) is 10.4. The molecule has 0 fully saturated rings. The fourth-order valence-corrected chi connectivity index (χ4v) is 3.26. The quantitative estimate of drug-likeness (QED) is 0.326. The van der Waals surface area contributed by atoms with Crippen LogP contribution in [0.2, 0.25) is 0 Å². The SMILES string of the molecule is CC1=CCCC(C)(C)C1/C=C/C(C)=C/C=C/C(C)=C/C=C/CC(C)C. The van der Waals surface area contributed by atoms with Gasteiger partial charge in [-0.1, -0.05) is 99.1 Å². The van der Waals surface area contributed by atoms with Gasteiger partial charge in [-0.25, -0.2) is 0 Å². The van der Waals surface area contributed by atoms with Crippen molar-refractivity contribution in [3.63, 3.8) is 0 Å². The zero-order chi connectivity index (χ0) is 18.9. The zero-order valence-electron chi connectivity index (χ0n) is 17.5. The fraction of sp³-hybridized carbons (Fsp3) is 0.520. The van der Waals surface area contributed by atoms with E-state index in [0.717, 1.165) is 12.3 Å². The molecule has 1 aliphatic rings. The van der Waals surface area contributed by atoms with E-state index >= 15 is 0 Å². The first kappa shape index (κ1) is 21.5. The average molecular weight is 339 g/mol. The van der Waals surface area contributed by atoms with Gasteiger partial charge in [0.1, 0.15) is 0 Å². The van der Waals surface area contributed by atoms with Crippen molar-refractivity contribution in [2.45, 2.75) is 67.7 Å². The number of allylic oxidation sites excluding steroid dienone is 12. The van der Waals surface area contributed by atoms with E-state index in [2.05, 4.69) is 103 Å². The molecule has 0 aromatic heterocycles. The molecule has 1 unspecified atom stereocenters. The lowest BCUT2D eigenvalue weighted by Crippen LogP contribution is -2.26. The molecule has 1 aliphatic carbocycles. The summed E-state index contributed by atoms with van der Waals surface area (Å²) in [5.74, 6) is 1.28. The maximum absolute atomic E-state index is 2.40. The van der Waals surface area contributed by atoms with Gasteiger partial charge in [0.25, 0.3) is 0 Å². The summed E-state index contributed by atoms with van der Waals surface area (Å²) < 4.78 is 0. The van der Waals surface area contributed by atoms with Crippen LogP contribution < -0.4 is 0 Å². The summed E-state index contributed by atoms with van der Waals surface area (Å²) in [4.78, 5) is 0. The van der Waals surface area contributed by atoms with E-state index in [-0.39, 0.29) is 0 Å². The molecule has 0 aliphatic heterocycles. The minimum atomic E-state index is 0.368. The van der Waals surface area contributed by atoms with Crippen molar-refractivity contribution in [2.75, 3.05) is 0 Å². The third kappa shape index (κ3) is 8.38. The largest absolute Gasteiger partial charge is 0.0850 e. The second-order valence-electron chi connectivity index (χ2n) is 8.55. The van der Waals surface area contributed by atoms with Crippen molar-refractivity contribution >= 4 is 0 Å². The molecular weight excluding hydrogens is 300 g/mol. The van der Waals surface area contributed by atoms with E-state index in [0.29, 0.717) is 11.3 Å². The van der Waals surface area contributed by atoms with E-state index < -0.39 is 0 Å². The lowest BCUT2D eigenvalue weighted by molar-refractivity contribution is 0.255. The van der Waals surface area contributed by atoms with Crippen molar-refractivity contribution < 1.29 is 0 Å². The summed E-state index contributed by atoms with van der Waals surface area (Å²) in [6.07, 6.45) is 23.8. The Balaban J connectivity index is 2.63. The summed E-state index contributed by atoms with van der Waals surface area (Å²) >= 11 is 0. The lowest BCUT2D eigenvalue weighted by Gasteiger charge is -2.36. The minimum absolute atomic E-state index is 0.368. The Kier molecular flexibility index (Phi) is 8.97. The van der Waals surface area contributed by atoms with E-state index in [1.165, 1.54) is 29.6 Å². The van der Waals surface area contributed by atoms with Crippen molar-refractivity contribution in [3.8, 4) is 0 Å². The Morgan fingerprint density at radius 3 is 2.40 bits per heavy atom. The monoisotopic (exact) mass is 338 g/mol. The molecule has 0 radical (unpaired) electrons. The van der Waals surface area contributed by atoms with Gasteiger partial charge in [-0.2, -0.15) is 0 Å². The normalized spacial score (nSPS) is 22.6. The smallest absolute Gasteiger partial charge is 0.00285 e. The highest BCUT2D eigenvalue weighted by molar-refractivity contribution is 5.30. The standard InChI is InChI=1S/C25H38/c1-20(2)12-8-9-13-21(3)14-10-15-22(4)17-18-24-23(5)16-11-19-25(24,6)7/h8-10,13-18,20,24H,11-12,19H2,1-7H3/b9-8+,14-10+,18-17+,21-13+,22-15+. The molecule has 25 heavy (non-hydrogen) atoms. The fourth-order valence-electron chi connectivity index (χ4n) is 3.26. The van der Waals surface area contributed by atoms with Gasteiger partial charge >= 0.3 is 0 Å². The Morgan fingerprint density at radius 2 is 1.76 bits per heavy atom. The topological polar surface area (TPSA) is 0 Å². The van der Waals surface area contributed by atoms with Crippen LogP contribution in [-0.2, 0) is 0 Å². The van der Waals surface area contributed by atoms with Crippen molar-refractivity contribution in [2.24, 2.45) is 17.3 Å². The molecule has 1 atom stereocenters. The Morgan fingerprint density at radius 1 is 1.12 bits per heavy atom. The molecule has 0 nitrogen and oxygen atoms in total. The summed E-state index contributed by atoms with van der Waals surface area (Å²) in [5, 5.41) is 0. The molecule has 0 heteroatoms. The van der Waals surface area contributed by atoms with Crippen LogP contribution in [-0.4, -0.2) is 0 Å². The van der Waals surface area contributed by atoms with Crippen LogP contribution in [0.15, 0.2) is 71.4 Å². The van der Waals surface area contributed by atoms with Gasteiger partial charge in [0.15, 0.2) is 0 Å². The highest BCUT2D eigenvalue weighted by Crippen LogP contribution is 2.41. The lowest BCUT2D eigenvalue weighted by atomic mass is 9.68. The highest BCUT2D eigenvalue weighted by Gasteiger charge is 2.30. The third-order valence-electron chi connectivity index (χ3n) is 4.96. The van der Waals surface area contributed by atoms with Crippen LogP contribution in [0.5, 0.6) is 0 Å². The van der Waals surface area contributed by atoms with Crippen molar-refractivity contribution in [1.29, 1.82) is 0 Å². The van der Waals surface area contributed by atoms with E-state index in [1.54, 1.807) is 0 Å². The van der Waals surface area contributed by atoms with Crippen molar-refractivity contribution in [1.82, 2.24) is 0 Å². The minimum Gasteiger partial charge on any atom is -0.0850 e. The molecule has 0 heterocycles. The molecule has 0 N–H and O–H groups in total. The van der Waals surface area contributed by atoms with Gasteiger partial charge in [0.2, 0.25) is 0 Å². The van der Waals surface area contributed by atoms with Crippen LogP contribution >= 0.6 is 0 Å². The van der Waals surface area contributed by atoms with Crippen LogP contribution in [0.3, 0.4) is 0 Å². The molecule has 138 valence electrons. The van der Waals surface area contributed by atoms with Gasteiger partial charge in [0, 0.05) is 5.92 Å². The van der Waals surface area contributed by atoms with Crippen LogP contribution in [0.4, 0.5) is 0 Å². The Hall–Kier alpha value is -1.56. The molecular formula is C25H38. The van der Waals surface area contributed by atoms with Gasteiger partial charge in [-0.3, -0.25) is 0 Å². The van der Waals surface area contributed by atoms with E-state index in [1.807, 2.05) is 0 Å². The number of hydrogen-bond donors (Lipinski definition) is 0. The zero-order valence-corrected chi connectivity index (χ0v) is 17.5. The molecule has 0 saturated heterocycles. The molecule has 0 amide bonds. The first-order valence-electron chi connectivity index (χ1n) is 9.75. The van der Waals surface area contributed by atoms with E-state index in [9.17, 15) is 0 Å². The highest BCUT2D eigenvalue weighted by atomic mass is 14.3. The molecule has 0 bridgehead atoms. The maximum Gasteiger partial charge on any atom is 0.00285 e. The summed E-state index contributed by atoms with van der Waals surface area (Å²) in [5.41, 5.74) is 4.46. The first-order chi connectivity index (χ1) is 11.7. The average Bonchev–Trinajstić information content (AvgIpc) is 2.50. The second-order valence-corrected chi connectivity index (χ2v) is 8.55. The summed E-state index contributed by atoms with van der Waals surface area (Å²) in [6.45, 7) is 15.9. The Bertz CT molecular complexity index is 586. The summed E-state index contributed by atoms with van der Waals surface area (Å²) in [7, 11) is 0. The van der Waals surface area contributed by atoms with Gasteiger partial charge in [-0.05, 0) is 51.4 Å². The molecule has 0 spiro atoms. The third-order valence-corrected chi connectivity index (χ3v) is 4.96. The molecule has 1 rings (SSSR count). The van der Waals surface area contributed by atoms with Gasteiger partial charge < -0.3 is 0 Å². The van der Waals surface area contributed by atoms with Gasteiger partial charge in [0.05, 0.1) is 0 Å². The Labute approximate surface area is 156 Å². The van der Waals surface area contributed by atoms with Gasteiger partial charge in [-0.15, -0.1) is 0 Å². The van der Waals surface area contributed by atoms with Crippen LogP contribution in [0, 0.1) is 17.3 Å². The maximum atomic E-state index is 2.40. The van der Waals surface area contributed by atoms with Crippen molar-refractivity contribution in [3.05, 3.63) is 71.4 Å². The number of hydrogen-bond acceptors (Lipinski definition) is 0. The van der Waals surface area contributed by atoms with Crippen LogP contribution in [0.25, 0.3) is 0 Å². The molecule has 0 aromatic carbocycles. The molecule has 0 saturated carbocycles. The predicted molar refractivity (Wildman–Crippen MR) is 115 cm³/mol. The predicted octanol–water partition coefficient (Wildman–Crippen LogP) is 7.98. The summed E-state index contributed by atoms with van der Waals surface area (Å²) in [6, 6.07) is 0. The first-order valence-corrected chi connectivity index (χ1v) is 9.75.